The van der Waals surface area contributed by atoms with Crippen molar-refractivity contribution in [3.05, 3.63) is 66.0 Å². The van der Waals surface area contributed by atoms with Crippen molar-refractivity contribution in [2.24, 2.45) is 0 Å². The maximum absolute atomic E-state index is 6.30. The lowest BCUT2D eigenvalue weighted by Gasteiger charge is -2.32. The molecule has 0 amide bonds. The first-order chi connectivity index (χ1) is 10.9. The fraction of sp³-hybridized carbons (Fsp3) is 0.421. The molecular formula is C19H24BNO2. The molecule has 1 unspecified atom stereocenters. The Morgan fingerprint density at radius 2 is 1.52 bits per heavy atom. The van der Waals surface area contributed by atoms with E-state index in [2.05, 4.69) is 63.0 Å². The largest absolute Gasteiger partial charge is 0.466 e. The SMILES string of the molecule is CC1(C)OB(C(Cc2ccccn2)c2ccccc2)OC1(C)C. The highest BCUT2D eigenvalue weighted by atomic mass is 16.7. The van der Waals surface area contributed by atoms with Gasteiger partial charge in [0.2, 0.25) is 0 Å². The topological polar surface area (TPSA) is 31.4 Å². The lowest BCUT2D eigenvalue weighted by molar-refractivity contribution is 0.00578. The first-order valence-electron chi connectivity index (χ1n) is 8.19. The fourth-order valence-electron chi connectivity index (χ4n) is 2.87. The van der Waals surface area contributed by atoms with E-state index in [1.165, 1.54) is 5.56 Å². The van der Waals surface area contributed by atoms with E-state index in [0.29, 0.717) is 0 Å². The first-order valence-corrected chi connectivity index (χ1v) is 8.19. The summed E-state index contributed by atoms with van der Waals surface area (Å²) in [6.45, 7) is 8.37. The van der Waals surface area contributed by atoms with E-state index in [1.807, 2.05) is 24.4 Å². The van der Waals surface area contributed by atoms with Crippen molar-refractivity contribution in [1.29, 1.82) is 0 Å². The molecule has 0 bridgehead atoms. The Morgan fingerprint density at radius 3 is 2.09 bits per heavy atom. The summed E-state index contributed by atoms with van der Waals surface area (Å²) in [6, 6.07) is 16.5. The molecule has 120 valence electrons. The standard InChI is InChI=1S/C19H24BNO2/c1-18(2)19(3,4)23-20(22-18)17(15-10-6-5-7-11-15)14-16-12-8-9-13-21-16/h5-13,17H,14H2,1-4H3. The predicted octanol–water partition coefficient (Wildman–Crippen LogP) is 4.04. The number of nitrogens with zero attached hydrogens (tertiary/aromatic N) is 1. The molecule has 3 nitrogen and oxygen atoms in total. The minimum absolute atomic E-state index is 0.118. The number of aromatic nitrogens is 1. The third kappa shape index (κ3) is 3.33. The van der Waals surface area contributed by atoms with E-state index in [1.54, 1.807) is 0 Å². The molecule has 1 aromatic carbocycles. The van der Waals surface area contributed by atoms with Crippen LogP contribution in [-0.4, -0.2) is 23.3 Å². The smallest absolute Gasteiger partial charge is 0.403 e. The molecule has 0 radical (unpaired) electrons. The third-order valence-electron chi connectivity index (χ3n) is 4.98. The lowest BCUT2D eigenvalue weighted by Crippen LogP contribution is -2.41. The van der Waals surface area contributed by atoms with Gasteiger partial charge in [-0.25, -0.2) is 0 Å². The van der Waals surface area contributed by atoms with Crippen LogP contribution < -0.4 is 0 Å². The van der Waals surface area contributed by atoms with Gasteiger partial charge in [-0.3, -0.25) is 4.98 Å². The van der Waals surface area contributed by atoms with Crippen LogP contribution in [0.5, 0.6) is 0 Å². The monoisotopic (exact) mass is 309 g/mol. The van der Waals surface area contributed by atoms with Crippen LogP contribution in [0.25, 0.3) is 0 Å². The van der Waals surface area contributed by atoms with Crippen LogP contribution in [0.3, 0.4) is 0 Å². The van der Waals surface area contributed by atoms with Crippen LogP contribution in [0.15, 0.2) is 54.7 Å². The van der Waals surface area contributed by atoms with Crippen molar-refractivity contribution in [3.63, 3.8) is 0 Å². The van der Waals surface area contributed by atoms with Gasteiger partial charge < -0.3 is 9.31 Å². The van der Waals surface area contributed by atoms with Gasteiger partial charge in [-0.1, -0.05) is 36.4 Å². The Hall–Kier alpha value is -1.65. The van der Waals surface area contributed by atoms with Gasteiger partial charge in [0.25, 0.3) is 0 Å². The normalized spacial score (nSPS) is 20.4. The Bertz CT molecular complexity index is 627. The summed E-state index contributed by atoms with van der Waals surface area (Å²) in [5.74, 6) is 0.118. The average molecular weight is 309 g/mol. The fourth-order valence-corrected chi connectivity index (χ4v) is 2.87. The molecule has 4 heteroatoms. The quantitative estimate of drug-likeness (QED) is 0.799. The van der Waals surface area contributed by atoms with Gasteiger partial charge in [0, 0.05) is 17.7 Å². The second-order valence-electron chi connectivity index (χ2n) is 7.17. The number of benzene rings is 1. The Balaban J connectivity index is 1.91. The van der Waals surface area contributed by atoms with Gasteiger partial charge in [0.05, 0.1) is 11.2 Å². The molecule has 0 aliphatic carbocycles. The van der Waals surface area contributed by atoms with Crippen LogP contribution in [0.4, 0.5) is 0 Å². The van der Waals surface area contributed by atoms with Crippen LogP contribution in [0, 0.1) is 0 Å². The number of rotatable bonds is 4. The van der Waals surface area contributed by atoms with Gasteiger partial charge in [0.1, 0.15) is 0 Å². The molecule has 2 aromatic rings. The zero-order chi connectivity index (χ0) is 16.5. The number of hydrogen-bond acceptors (Lipinski definition) is 3. The number of hydrogen-bond donors (Lipinski definition) is 0. The molecule has 1 atom stereocenters. The highest BCUT2D eigenvalue weighted by Gasteiger charge is 2.53. The molecule has 1 aromatic heterocycles. The van der Waals surface area contributed by atoms with Crippen LogP contribution in [0.1, 0.15) is 44.8 Å². The molecule has 1 aliphatic heterocycles. The first kappa shape index (κ1) is 16.2. The molecule has 2 heterocycles. The van der Waals surface area contributed by atoms with Gasteiger partial charge in [0.15, 0.2) is 0 Å². The number of pyridine rings is 1. The third-order valence-corrected chi connectivity index (χ3v) is 4.98. The van der Waals surface area contributed by atoms with Crippen molar-refractivity contribution in [2.75, 3.05) is 0 Å². The van der Waals surface area contributed by atoms with E-state index >= 15 is 0 Å². The van der Waals surface area contributed by atoms with E-state index in [9.17, 15) is 0 Å². The lowest BCUT2D eigenvalue weighted by atomic mass is 9.65. The summed E-state index contributed by atoms with van der Waals surface area (Å²) in [5.41, 5.74) is 1.62. The maximum Gasteiger partial charge on any atom is 0.466 e. The van der Waals surface area contributed by atoms with Gasteiger partial charge in [-0.05, 0) is 51.8 Å². The minimum atomic E-state index is -0.325. The Kier molecular flexibility index (Phi) is 4.30. The van der Waals surface area contributed by atoms with E-state index in [-0.39, 0.29) is 24.1 Å². The average Bonchev–Trinajstić information content (AvgIpc) is 2.75. The second kappa shape index (κ2) is 6.10. The zero-order valence-corrected chi connectivity index (χ0v) is 14.3. The van der Waals surface area contributed by atoms with Crippen LogP contribution in [-0.2, 0) is 15.7 Å². The molecule has 3 rings (SSSR count). The van der Waals surface area contributed by atoms with Crippen LogP contribution >= 0.6 is 0 Å². The van der Waals surface area contributed by atoms with Gasteiger partial charge in [-0.2, -0.15) is 0 Å². The van der Waals surface area contributed by atoms with Crippen molar-refractivity contribution in [2.45, 2.75) is 51.1 Å². The molecule has 23 heavy (non-hydrogen) atoms. The Morgan fingerprint density at radius 1 is 0.913 bits per heavy atom. The van der Waals surface area contributed by atoms with Gasteiger partial charge >= 0.3 is 7.12 Å². The van der Waals surface area contributed by atoms with Crippen molar-refractivity contribution in [1.82, 2.24) is 4.98 Å². The summed E-state index contributed by atoms with van der Waals surface area (Å²) in [5, 5.41) is 0. The minimum Gasteiger partial charge on any atom is -0.403 e. The van der Waals surface area contributed by atoms with Crippen molar-refractivity contribution >= 4 is 7.12 Å². The van der Waals surface area contributed by atoms with E-state index < -0.39 is 0 Å². The summed E-state index contributed by atoms with van der Waals surface area (Å²) >= 11 is 0. The molecule has 1 aliphatic rings. The maximum atomic E-state index is 6.30. The van der Waals surface area contributed by atoms with E-state index in [0.717, 1.165) is 12.1 Å². The van der Waals surface area contributed by atoms with Gasteiger partial charge in [-0.15, -0.1) is 0 Å². The van der Waals surface area contributed by atoms with Crippen molar-refractivity contribution in [3.8, 4) is 0 Å². The molecule has 0 N–H and O–H groups in total. The Labute approximate surface area is 139 Å². The summed E-state index contributed by atoms with van der Waals surface area (Å²) in [7, 11) is -0.274. The predicted molar refractivity (Wildman–Crippen MR) is 93.2 cm³/mol. The molecule has 1 fully saturated rings. The molecule has 1 saturated heterocycles. The second-order valence-corrected chi connectivity index (χ2v) is 7.17. The van der Waals surface area contributed by atoms with Crippen LogP contribution in [0.2, 0.25) is 0 Å². The van der Waals surface area contributed by atoms with Crippen molar-refractivity contribution < 1.29 is 9.31 Å². The summed E-state index contributed by atoms with van der Waals surface area (Å²) < 4.78 is 12.6. The highest BCUT2D eigenvalue weighted by molar-refractivity contribution is 6.47. The highest BCUT2D eigenvalue weighted by Crippen LogP contribution is 2.41. The summed E-state index contributed by atoms with van der Waals surface area (Å²) in [4.78, 5) is 4.48. The molecule has 0 saturated carbocycles. The molecule has 0 spiro atoms. The molecular weight excluding hydrogens is 285 g/mol. The van der Waals surface area contributed by atoms with E-state index in [4.69, 9.17) is 9.31 Å². The zero-order valence-electron chi connectivity index (χ0n) is 14.3. The summed E-state index contributed by atoms with van der Waals surface area (Å²) in [6.07, 6.45) is 2.63.